The van der Waals surface area contributed by atoms with Crippen LogP contribution in [0.3, 0.4) is 0 Å². The van der Waals surface area contributed by atoms with Crippen molar-refractivity contribution in [1.29, 1.82) is 0 Å². The Morgan fingerprint density at radius 3 is 2.25 bits per heavy atom. The van der Waals surface area contributed by atoms with Crippen molar-refractivity contribution in [3.63, 3.8) is 0 Å². The van der Waals surface area contributed by atoms with E-state index in [-0.39, 0.29) is 11.1 Å². The minimum Gasteiger partial charge on any atom is -0.298 e. The van der Waals surface area contributed by atoms with Gasteiger partial charge in [0.15, 0.2) is 17.9 Å². The molecule has 4 rings (SSSR count). The molecule has 0 atom stereocenters. The van der Waals surface area contributed by atoms with Gasteiger partial charge < -0.3 is 0 Å². The maximum atomic E-state index is 14.1. The molecule has 1 aliphatic carbocycles. The lowest BCUT2D eigenvalue weighted by Crippen LogP contribution is -1.95. The van der Waals surface area contributed by atoms with Crippen molar-refractivity contribution in [2.24, 2.45) is 0 Å². The van der Waals surface area contributed by atoms with Crippen LogP contribution in [0, 0.1) is 11.6 Å². The van der Waals surface area contributed by atoms with E-state index in [1.54, 1.807) is 23.5 Å². The zero-order valence-electron chi connectivity index (χ0n) is 12.8. The van der Waals surface area contributed by atoms with Crippen molar-refractivity contribution in [1.82, 2.24) is 0 Å². The number of hydrogen-bond acceptors (Lipinski definition) is 2. The number of rotatable bonds is 4. The highest BCUT2D eigenvalue weighted by atomic mass is 32.1. The van der Waals surface area contributed by atoms with Gasteiger partial charge in [-0.3, -0.25) is 4.79 Å². The van der Waals surface area contributed by atoms with Gasteiger partial charge in [0.2, 0.25) is 0 Å². The van der Waals surface area contributed by atoms with Gasteiger partial charge in [-0.1, -0.05) is 30.3 Å². The van der Waals surface area contributed by atoms with E-state index >= 15 is 0 Å². The van der Waals surface area contributed by atoms with Crippen LogP contribution in [0.2, 0.25) is 0 Å². The number of carbonyl (C=O) groups excluding carboxylic acids is 1. The third-order valence-corrected chi connectivity index (χ3v) is 5.62. The van der Waals surface area contributed by atoms with Gasteiger partial charge in [-0.25, -0.2) is 8.78 Å². The van der Waals surface area contributed by atoms with Crippen molar-refractivity contribution in [3.05, 3.63) is 70.6 Å². The largest absolute Gasteiger partial charge is 0.298 e. The zero-order chi connectivity index (χ0) is 16.7. The van der Waals surface area contributed by atoms with Crippen molar-refractivity contribution in [2.45, 2.75) is 18.8 Å². The second kappa shape index (κ2) is 5.95. The Bertz CT molecular complexity index is 908. The molecule has 1 nitrogen and oxygen atoms in total. The van der Waals surface area contributed by atoms with Gasteiger partial charge in [-0.05, 0) is 48.1 Å². The first-order valence-electron chi connectivity index (χ1n) is 7.81. The number of aldehydes is 1. The summed E-state index contributed by atoms with van der Waals surface area (Å²) in [5.41, 5.74) is 1.56. The Morgan fingerprint density at radius 1 is 0.875 bits per heavy atom. The Labute approximate surface area is 142 Å². The highest BCUT2D eigenvalue weighted by Gasteiger charge is 2.25. The Kier molecular flexibility index (Phi) is 3.77. The molecule has 0 radical (unpaired) electrons. The van der Waals surface area contributed by atoms with Gasteiger partial charge in [0.1, 0.15) is 0 Å². The molecule has 24 heavy (non-hydrogen) atoms. The van der Waals surface area contributed by atoms with Crippen molar-refractivity contribution in [3.8, 4) is 21.6 Å². The molecule has 0 unspecified atom stereocenters. The summed E-state index contributed by atoms with van der Waals surface area (Å²) in [5.74, 6) is -1.35. The molecule has 0 N–H and O–H groups in total. The van der Waals surface area contributed by atoms with Crippen LogP contribution in [0.5, 0.6) is 0 Å². The molecular formula is C20H14F2OS. The van der Waals surface area contributed by atoms with Crippen molar-refractivity contribution < 1.29 is 13.6 Å². The van der Waals surface area contributed by atoms with E-state index in [0.29, 0.717) is 11.8 Å². The average Bonchev–Trinajstić information content (AvgIpc) is 3.35. The lowest BCUT2D eigenvalue weighted by atomic mass is 10.0. The molecular weight excluding hydrogens is 326 g/mol. The minimum absolute atomic E-state index is 0.162. The van der Waals surface area contributed by atoms with E-state index in [2.05, 4.69) is 12.1 Å². The van der Waals surface area contributed by atoms with E-state index in [4.69, 9.17) is 0 Å². The monoisotopic (exact) mass is 340 g/mol. The van der Waals surface area contributed by atoms with E-state index < -0.39 is 11.6 Å². The molecule has 3 aromatic rings. The van der Waals surface area contributed by atoms with Gasteiger partial charge in [-0.2, -0.15) is 0 Å². The van der Waals surface area contributed by atoms with Gasteiger partial charge in [0, 0.05) is 15.3 Å². The quantitative estimate of drug-likeness (QED) is 0.528. The SMILES string of the molecule is O=Cc1ccc(-c2ccc(-c3ccc(C4CC4)s3)cc2)c(F)c1F. The molecule has 1 aliphatic rings. The molecule has 2 aromatic carbocycles. The Hall–Kier alpha value is -2.33. The minimum atomic E-state index is -1.10. The predicted molar refractivity (Wildman–Crippen MR) is 92.5 cm³/mol. The molecule has 1 heterocycles. The van der Waals surface area contributed by atoms with E-state index in [1.165, 1.54) is 34.7 Å². The summed E-state index contributed by atoms with van der Waals surface area (Å²) in [6.45, 7) is 0. The summed E-state index contributed by atoms with van der Waals surface area (Å²) in [4.78, 5) is 13.3. The highest BCUT2D eigenvalue weighted by Crippen LogP contribution is 2.45. The van der Waals surface area contributed by atoms with Crippen molar-refractivity contribution in [2.75, 3.05) is 0 Å². The summed E-state index contributed by atoms with van der Waals surface area (Å²) in [6.07, 6.45) is 2.88. The average molecular weight is 340 g/mol. The highest BCUT2D eigenvalue weighted by molar-refractivity contribution is 7.15. The first kappa shape index (κ1) is 15.2. The Balaban J connectivity index is 1.66. The van der Waals surface area contributed by atoms with Crippen molar-refractivity contribution >= 4 is 17.6 Å². The van der Waals surface area contributed by atoms with E-state index in [1.807, 2.05) is 12.1 Å². The maximum Gasteiger partial charge on any atom is 0.169 e. The van der Waals surface area contributed by atoms with E-state index in [0.717, 1.165) is 11.5 Å². The number of benzene rings is 2. The molecule has 0 aliphatic heterocycles. The molecule has 4 heteroatoms. The molecule has 0 saturated heterocycles. The lowest BCUT2D eigenvalue weighted by molar-refractivity contribution is 0.111. The standard InChI is InChI=1S/C20H14F2OS/c21-19-15(11-23)7-8-16(20(19)22)12-1-3-13(4-2-12)17-9-10-18(24-17)14-5-6-14/h1-4,7-11,14H,5-6H2. The summed E-state index contributed by atoms with van der Waals surface area (Å²) < 4.78 is 27.9. The number of halogens is 2. The number of hydrogen-bond donors (Lipinski definition) is 0. The summed E-state index contributed by atoms with van der Waals surface area (Å²) in [6, 6.07) is 14.4. The fraction of sp³-hybridized carbons (Fsp3) is 0.150. The second-order valence-corrected chi connectivity index (χ2v) is 7.12. The third kappa shape index (κ3) is 2.67. The number of thiophene rings is 1. The second-order valence-electron chi connectivity index (χ2n) is 6.00. The molecule has 0 amide bonds. The van der Waals surface area contributed by atoms with Gasteiger partial charge in [0.25, 0.3) is 0 Å². The first-order chi connectivity index (χ1) is 11.7. The zero-order valence-corrected chi connectivity index (χ0v) is 13.6. The van der Waals surface area contributed by atoms with Crippen LogP contribution in [-0.2, 0) is 0 Å². The van der Waals surface area contributed by atoms with Gasteiger partial charge >= 0.3 is 0 Å². The summed E-state index contributed by atoms with van der Waals surface area (Å²) in [7, 11) is 0. The molecule has 1 saturated carbocycles. The number of carbonyl (C=O) groups is 1. The van der Waals surface area contributed by atoms with E-state index in [9.17, 15) is 13.6 Å². The van der Waals surface area contributed by atoms with Gasteiger partial charge in [-0.15, -0.1) is 11.3 Å². The molecule has 0 bridgehead atoms. The first-order valence-corrected chi connectivity index (χ1v) is 8.62. The molecule has 120 valence electrons. The lowest BCUT2D eigenvalue weighted by Gasteiger charge is -2.07. The third-order valence-electron chi connectivity index (χ3n) is 4.33. The smallest absolute Gasteiger partial charge is 0.169 e. The van der Waals surface area contributed by atoms with Crippen LogP contribution in [0.15, 0.2) is 48.5 Å². The normalized spacial score (nSPS) is 13.9. The van der Waals surface area contributed by atoms with Crippen LogP contribution in [-0.4, -0.2) is 6.29 Å². The van der Waals surface area contributed by atoms with Crippen LogP contribution < -0.4 is 0 Å². The van der Waals surface area contributed by atoms with Crippen LogP contribution in [0.4, 0.5) is 8.78 Å². The van der Waals surface area contributed by atoms with Crippen LogP contribution >= 0.6 is 11.3 Å². The van der Waals surface area contributed by atoms with Crippen LogP contribution in [0.1, 0.15) is 34.0 Å². The summed E-state index contributed by atoms with van der Waals surface area (Å²) in [5, 5.41) is 0. The fourth-order valence-electron chi connectivity index (χ4n) is 2.79. The van der Waals surface area contributed by atoms with Crippen LogP contribution in [0.25, 0.3) is 21.6 Å². The van der Waals surface area contributed by atoms with Gasteiger partial charge in [0.05, 0.1) is 5.56 Å². The topological polar surface area (TPSA) is 17.1 Å². The molecule has 0 spiro atoms. The predicted octanol–water partition coefficient (Wildman–Crippen LogP) is 6.05. The maximum absolute atomic E-state index is 14.1. The Morgan fingerprint density at radius 2 is 1.58 bits per heavy atom. The molecule has 1 fully saturated rings. The molecule has 1 aromatic heterocycles. The summed E-state index contributed by atoms with van der Waals surface area (Å²) >= 11 is 1.80. The fourth-order valence-corrected chi connectivity index (χ4v) is 3.97.